The van der Waals surface area contributed by atoms with E-state index in [2.05, 4.69) is 11.0 Å². The fourth-order valence-electron chi connectivity index (χ4n) is 1.28. The van der Waals surface area contributed by atoms with Crippen LogP contribution in [0.3, 0.4) is 0 Å². The smallest absolute Gasteiger partial charge is 0.141 e. The molecule has 17 heavy (non-hydrogen) atoms. The molecular weight excluding hydrogens is 215 g/mol. The second-order valence-corrected chi connectivity index (χ2v) is 3.50. The SMILES string of the molecule is C#Cc1cc2cn(C)nc2cc1F.C/C=C\C.[HH]. The van der Waals surface area contributed by atoms with Gasteiger partial charge in [-0.1, -0.05) is 18.1 Å². The molecule has 0 aliphatic rings. The van der Waals surface area contributed by atoms with Crippen molar-refractivity contribution in [3.05, 3.63) is 41.9 Å². The minimum absolute atomic E-state index is 0. The Morgan fingerprint density at radius 1 is 1.41 bits per heavy atom. The van der Waals surface area contributed by atoms with Crippen molar-refractivity contribution in [2.75, 3.05) is 0 Å². The van der Waals surface area contributed by atoms with Crippen molar-refractivity contribution in [3.63, 3.8) is 0 Å². The van der Waals surface area contributed by atoms with E-state index in [4.69, 9.17) is 6.42 Å². The number of halogens is 1. The van der Waals surface area contributed by atoms with Gasteiger partial charge in [-0.05, 0) is 19.9 Å². The summed E-state index contributed by atoms with van der Waals surface area (Å²) in [6.45, 7) is 4.00. The highest BCUT2D eigenvalue weighted by atomic mass is 19.1. The van der Waals surface area contributed by atoms with Crippen molar-refractivity contribution >= 4 is 10.9 Å². The van der Waals surface area contributed by atoms with E-state index in [0.29, 0.717) is 5.52 Å². The van der Waals surface area contributed by atoms with Gasteiger partial charge in [-0.2, -0.15) is 5.10 Å². The van der Waals surface area contributed by atoms with E-state index in [1.165, 1.54) is 6.07 Å². The van der Waals surface area contributed by atoms with Crippen LogP contribution in [0.1, 0.15) is 20.8 Å². The lowest BCUT2D eigenvalue weighted by atomic mass is 10.1. The number of nitrogens with zero attached hydrogens (tertiary/aromatic N) is 2. The Bertz CT molecular complexity index is 575. The first kappa shape index (κ1) is 13.0. The van der Waals surface area contributed by atoms with Gasteiger partial charge < -0.3 is 0 Å². The van der Waals surface area contributed by atoms with E-state index >= 15 is 0 Å². The molecule has 1 aromatic carbocycles. The number of allylic oxidation sites excluding steroid dienone is 2. The molecule has 2 nitrogen and oxygen atoms in total. The van der Waals surface area contributed by atoms with Crippen LogP contribution >= 0.6 is 0 Å². The fraction of sp³-hybridized carbons (Fsp3) is 0.214. The van der Waals surface area contributed by atoms with Crippen molar-refractivity contribution in [1.82, 2.24) is 9.78 Å². The largest absolute Gasteiger partial charge is 0.275 e. The van der Waals surface area contributed by atoms with Crippen LogP contribution in [0.2, 0.25) is 0 Å². The van der Waals surface area contributed by atoms with Crippen LogP contribution in [0.4, 0.5) is 4.39 Å². The lowest BCUT2D eigenvalue weighted by Crippen LogP contribution is -1.85. The molecular formula is C14H17FN2. The summed E-state index contributed by atoms with van der Waals surface area (Å²) in [6.07, 6.45) is 10.9. The van der Waals surface area contributed by atoms with Crippen LogP contribution in [0.15, 0.2) is 30.5 Å². The van der Waals surface area contributed by atoms with Crippen molar-refractivity contribution in [3.8, 4) is 12.3 Å². The highest BCUT2D eigenvalue weighted by Crippen LogP contribution is 2.16. The minimum atomic E-state index is -0.395. The molecule has 2 rings (SSSR count). The molecule has 1 aromatic heterocycles. The van der Waals surface area contributed by atoms with Gasteiger partial charge in [0, 0.05) is 26.1 Å². The predicted molar refractivity (Wildman–Crippen MR) is 71.2 cm³/mol. The predicted octanol–water partition coefficient (Wildman–Crippen LogP) is 3.52. The third-order valence-corrected chi connectivity index (χ3v) is 2.20. The van der Waals surface area contributed by atoms with E-state index in [-0.39, 0.29) is 6.99 Å². The molecule has 3 heteroatoms. The fourth-order valence-corrected chi connectivity index (χ4v) is 1.28. The normalized spacial score (nSPS) is 10.1. The highest BCUT2D eigenvalue weighted by Gasteiger charge is 2.04. The number of aryl methyl sites for hydroxylation is 1. The number of hydrogen-bond donors (Lipinski definition) is 0. The van der Waals surface area contributed by atoms with E-state index in [1.807, 2.05) is 26.0 Å². The molecule has 0 saturated carbocycles. The molecule has 0 fully saturated rings. The van der Waals surface area contributed by atoms with Gasteiger partial charge >= 0.3 is 0 Å². The number of aromatic nitrogens is 2. The van der Waals surface area contributed by atoms with Crippen LogP contribution in [-0.2, 0) is 7.05 Å². The van der Waals surface area contributed by atoms with Gasteiger partial charge in [-0.25, -0.2) is 4.39 Å². The lowest BCUT2D eigenvalue weighted by Gasteiger charge is -1.92. The molecule has 90 valence electrons. The van der Waals surface area contributed by atoms with Crippen LogP contribution in [0, 0.1) is 18.2 Å². The minimum Gasteiger partial charge on any atom is -0.275 e. The molecule has 0 spiro atoms. The zero-order chi connectivity index (χ0) is 12.8. The van der Waals surface area contributed by atoms with Crippen LogP contribution in [0.25, 0.3) is 10.9 Å². The summed E-state index contributed by atoms with van der Waals surface area (Å²) < 4.78 is 14.8. The first-order valence-electron chi connectivity index (χ1n) is 5.29. The number of fused-ring (bicyclic) bond motifs is 1. The molecule has 0 bridgehead atoms. The van der Waals surface area contributed by atoms with Gasteiger partial charge in [0.05, 0.1) is 11.1 Å². The zero-order valence-electron chi connectivity index (χ0n) is 10.2. The average Bonchev–Trinajstić information content (AvgIpc) is 2.67. The molecule has 0 N–H and O–H groups in total. The summed E-state index contributed by atoms with van der Waals surface area (Å²) in [5, 5.41) is 4.92. The summed E-state index contributed by atoms with van der Waals surface area (Å²) in [7, 11) is 1.79. The van der Waals surface area contributed by atoms with Gasteiger partial charge in [-0.3, -0.25) is 4.68 Å². The van der Waals surface area contributed by atoms with Gasteiger partial charge in [0.15, 0.2) is 0 Å². The Labute approximate surface area is 102 Å². The average molecular weight is 232 g/mol. The molecule has 2 aromatic rings. The second-order valence-electron chi connectivity index (χ2n) is 3.50. The van der Waals surface area contributed by atoms with E-state index in [1.54, 1.807) is 24.0 Å². The maximum absolute atomic E-state index is 13.1. The lowest BCUT2D eigenvalue weighted by molar-refractivity contribution is 0.625. The summed E-state index contributed by atoms with van der Waals surface area (Å²) in [6, 6.07) is 2.97. The highest BCUT2D eigenvalue weighted by molar-refractivity contribution is 5.79. The van der Waals surface area contributed by atoms with Gasteiger partial charge in [0.1, 0.15) is 5.82 Å². The molecule has 0 radical (unpaired) electrons. The van der Waals surface area contributed by atoms with Gasteiger partial charge in [0.2, 0.25) is 0 Å². The molecule has 0 saturated heterocycles. The molecule has 0 aliphatic heterocycles. The Hall–Kier alpha value is -2.08. The number of terminal acetylenes is 1. The summed E-state index contributed by atoms with van der Waals surface area (Å²) in [5.41, 5.74) is 0.902. The number of rotatable bonds is 0. The van der Waals surface area contributed by atoms with Crippen molar-refractivity contribution in [1.29, 1.82) is 0 Å². The topological polar surface area (TPSA) is 17.8 Å². The monoisotopic (exact) mass is 232 g/mol. The van der Waals surface area contributed by atoms with Gasteiger partial charge in [-0.15, -0.1) is 6.42 Å². The number of benzene rings is 1. The molecule has 0 unspecified atom stereocenters. The number of hydrogen-bond acceptors (Lipinski definition) is 1. The summed E-state index contributed by atoms with van der Waals surface area (Å²) in [5.74, 6) is 1.89. The molecule has 0 aliphatic carbocycles. The van der Waals surface area contributed by atoms with Crippen LogP contribution in [-0.4, -0.2) is 9.78 Å². The molecule has 0 atom stereocenters. The Morgan fingerprint density at radius 2 is 2.06 bits per heavy atom. The summed E-state index contributed by atoms with van der Waals surface area (Å²) in [4.78, 5) is 0. The molecule has 0 amide bonds. The van der Waals surface area contributed by atoms with Crippen molar-refractivity contribution in [2.45, 2.75) is 13.8 Å². The van der Waals surface area contributed by atoms with Crippen LogP contribution < -0.4 is 0 Å². The van der Waals surface area contributed by atoms with Crippen molar-refractivity contribution < 1.29 is 5.82 Å². The quantitative estimate of drug-likeness (QED) is 0.502. The maximum Gasteiger partial charge on any atom is 0.141 e. The standard InChI is InChI=1S/C10H7FN2.C4H8.H2/c1-3-7-4-8-6-13(2)12-10(8)5-9(7)11;1-3-4-2;/h1,4-6H,2H3;3-4H,1-2H3;1H/b;4-3-;. The Morgan fingerprint density at radius 3 is 2.59 bits per heavy atom. The molecule has 1 heterocycles. The Balaban J connectivity index is 0.000000512. The summed E-state index contributed by atoms with van der Waals surface area (Å²) >= 11 is 0. The first-order valence-corrected chi connectivity index (χ1v) is 5.29. The first-order chi connectivity index (χ1) is 8.12. The second kappa shape index (κ2) is 5.86. The Kier molecular flexibility index (Phi) is 4.47. The zero-order valence-corrected chi connectivity index (χ0v) is 10.2. The maximum atomic E-state index is 13.1. The van der Waals surface area contributed by atoms with E-state index < -0.39 is 5.82 Å². The third-order valence-electron chi connectivity index (χ3n) is 2.20. The van der Waals surface area contributed by atoms with E-state index in [0.717, 1.165) is 5.39 Å². The van der Waals surface area contributed by atoms with Crippen molar-refractivity contribution in [2.24, 2.45) is 7.05 Å². The van der Waals surface area contributed by atoms with E-state index in [9.17, 15) is 4.39 Å². The van der Waals surface area contributed by atoms with Gasteiger partial charge in [0.25, 0.3) is 0 Å². The third kappa shape index (κ3) is 3.18. The van der Waals surface area contributed by atoms with Crippen LogP contribution in [0.5, 0.6) is 0 Å².